The quantitative estimate of drug-likeness (QED) is 0.702. The predicted octanol–water partition coefficient (Wildman–Crippen LogP) is 1.55. The number of cyclic esters (lactones) is 1. The van der Waals surface area contributed by atoms with Crippen molar-refractivity contribution < 1.29 is 27.5 Å². The summed E-state index contributed by atoms with van der Waals surface area (Å²) < 4.78 is 36.9. The third kappa shape index (κ3) is 3.48. The number of methoxy groups -OCH3 is 1. The first kappa shape index (κ1) is 18.4. The Hall–Kier alpha value is -1.36. The number of piperidine rings is 1. The van der Waals surface area contributed by atoms with E-state index in [0.717, 1.165) is 11.3 Å². The maximum absolute atomic E-state index is 12.6. The molecule has 138 valence electrons. The van der Waals surface area contributed by atoms with Gasteiger partial charge in [0.25, 0.3) is 10.0 Å². The minimum Gasteiger partial charge on any atom is -0.467 e. The number of hydrogen-bond donors (Lipinski definition) is 0. The maximum Gasteiger partial charge on any atom is 0.410 e. The lowest BCUT2D eigenvalue weighted by Gasteiger charge is -2.36. The first-order chi connectivity index (χ1) is 11.8. The summed E-state index contributed by atoms with van der Waals surface area (Å²) in [6, 6.07) is 1.99. The van der Waals surface area contributed by atoms with Crippen LogP contribution in [0.4, 0.5) is 4.79 Å². The van der Waals surface area contributed by atoms with Crippen LogP contribution in [0.1, 0.15) is 12.8 Å². The van der Waals surface area contributed by atoms with Gasteiger partial charge in [-0.15, -0.1) is 11.3 Å². The van der Waals surface area contributed by atoms with Gasteiger partial charge in [0.2, 0.25) is 0 Å². The third-order valence-corrected chi connectivity index (χ3v) is 7.94. The molecule has 1 aromatic rings. The predicted molar refractivity (Wildman–Crippen MR) is 90.1 cm³/mol. The molecule has 2 fully saturated rings. The Kier molecular flexibility index (Phi) is 5.24. The lowest BCUT2D eigenvalue weighted by atomic mass is 10.0. The van der Waals surface area contributed by atoms with E-state index < -0.39 is 28.1 Å². The summed E-state index contributed by atoms with van der Waals surface area (Å²) in [4.78, 5) is 25.1. The number of nitrogens with zero attached hydrogens (tertiary/aromatic N) is 2. The molecule has 0 spiro atoms. The number of esters is 1. The van der Waals surface area contributed by atoms with Crippen molar-refractivity contribution in [2.45, 2.75) is 29.1 Å². The number of carbonyl (C=O) groups excluding carboxylic acids is 2. The molecule has 8 nitrogen and oxygen atoms in total. The zero-order chi connectivity index (χ0) is 18.2. The number of halogens is 1. The van der Waals surface area contributed by atoms with Crippen molar-refractivity contribution in [3.63, 3.8) is 0 Å². The van der Waals surface area contributed by atoms with Crippen LogP contribution in [0.15, 0.2) is 16.3 Å². The highest BCUT2D eigenvalue weighted by Gasteiger charge is 2.44. The van der Waals surface area contributed by atoms with E-state index in [1.165, 1.54) is 22.4 Å². The third-order valence-electron chi connectivity index (χ3n) is 4.34. The van der Waals surface area contributed by atoms with Gasteiger partial charge in [-0.1, -0.05) is 11.6 Å². The van der Waals surface area contributed by atoms with E-state index in [2.05, 4.69) is 0 Å². The smallest absolute Gasteiger partial charge is 0.410 e. The van der Waals surface area contributed by atoms with Crippen molar-refractivity contribution in [2.75, 3.05) is 26.8 Å². The molecule has 3 heterocycles. The summed E-state index contributed by atoms with van der Waals surface area (Å²) in [7, 11) is -2.34. The largest absolute Gasteiger partial charge is 0.467 e. The number of thiophene rings is 1. The molecule has 2 aliphatic rings. The molecule has 0 saturated carbocycles. The minimum atomic E-state index is -3.60. The van der Waals surface area contributed by atoms with Crippen LogP contribution in [0.5, 0.6) is 0 Å². The molecule has 0 aromatic carbocycles. The molecular formula is C14H17ClN2O6S2. The van der Waals surface area contributed by atoms with Gasteiger partial charge in [-0.3, -0.25) is 4.90 Å². The average molecular weight is 409 g/mol. The van der Waals surface area contributed by atoms with Crippen LogP contribution in [-0.4, -0.2) is 68.6 Å². The van der Waals surface area contributed by atoms with Gasteiger partial charge in [0.15, 0.2) is 6.04 Å². The summed E-state index contributed by atoms with van der Waals surface area (Å²) in [5.74, 6) is -0.533. The first-order valence-electron chi connectivity index (χ1n) is 7.63. The van der Waals surface area contributed by atoms with Crippen LogP contribution in [0, 0.1) is 0 Å². The van der Waals surface area contributed by atoms with Gasteiger partial charge in [-0.2, -0.15) is 4.31 Å². The number of amides is 1. The highest BCUT2D eigenvalue weighted by molar-refractivity contribution is 7.91. The van der Waals surface area contributed by atoms with E-state index in [1.807, 2.05) is 0 Å². The van der Waals surface area contributed by atoms with E-state index in [9.17, 15) is 18.0 Å². The molecule has 2 saturated heterocycles. The van der Waals surface area contributed by atoms with Crippen molar-refractivity contribution in [1.82, 2.24) is 9.21 Å². The minimum absolute atomic E-state index is 0.0439. The molecule has 2 aliphatic heterocycles. The van der Waals surface area contributed by atoms with Crippen LogP contribution in [0.2, 0.25) is 4.34 Å². The molecule has 0 aliphatic carbocycles. The van der Waals surface area contributed by atoms with Gasteiger partial charge in [0, 0.05) is 19.1 Å². The fourth-order valence-electron chi connectivity index (χ4n) is 3.08. The molecule has 11 heteroatoms. The molecule has 3 rings (SSSR count). The van der Waals surface area contributed by atoms with Crippen molar-refractivity contribution in [2.24, 2.45) is 0 Å². The van der Waals surface area contributed by atoms with Crippen LogP contribution in [0.25, 0.3) is 0 Å². The molecule has 1 unspecified atom stereocenters. The van der Waals surface area contributed by atoms with Crippen molar-refractivity contribution in [1.29, 1.82) is 0 Å². The van der Waals surface area contributed by atoms with Crippen LogP contribution in [0.3, 0.4) is 0 Å². The summed E-state index contributed by atoms with van der Waals surface area (Å²) in [5, 5.41) is 0. The van der Waals surface area contributed by atoms with Gasteiger partial charge in [0.05, 0.1) is 11.4 Å². The fraction of sp³-hybridized carbons (Fsp3) is 0.571. The van der Waals surface area contributed by atoms with Crippen molar-refractivity contribution >= 4 is 45.0 Å². The molecule has 1 atom stereocenters. The van der Waals surface area contributed by atoms with Gasteiger partial charge in [-0.05, 0) is 25.0 Å². The summed E-state index contributed by atoms with van der Waals surface area (Å²) >= 11 is 6.84. The summed E-state index contributed by atoms with van der Waals surface area (Å²) in [6.07, 6.45) is 0.267. The summed E-state index contributed by atoms with van der Waals surface area (Å²) in [6.45, 7) is 0.456. The van der Waals surface area contributed by atoms with E-state index in [0.29, 0.717) is 17.2 Å². The highest BCUT2D eigenvalue weighted by Crippen LogP contribution is 2.31. The van der Waals surface area contributed by atoms with E-state index in [1.54, 1.807) is 6.07 Å². The fourth-order valence-corrected chi connectivity index (χ4v) is 6.18. The molecular weight excluding hydrogens is 392 g/mol. The zero-order valence-corrected chi connectivity index (χ0v) is 15.8. The molecule has 0 N–H and O–H groups in total. The van der Waals surface area contributed by atoms with E-state index in [-0.39, 0.29) is 29.9 Å². The van der Waals surface area contributed by atoms with E-state index in [4.69, 9.17) is 21.1 Å². The number of ether oxygens (including phenoxy) is 2. The second-order valence-corrected chi connectivity index (χ2v) is 9.60. The molecule has 0 radical (unpaired) electrons. The van der Waals surface area contributed by atoms with Gasteiger partial charge >= 0.3 is 12.1 Å². The number of hydrogen-bond acceptors (Lipinski definition) is 7. The Labute approximate surface area is 154 Å². The Bertz CT molecular complexity index is 772. The van der Waals surface area contributed by atoms with Crippen molar-refractivity contribution in [3.05, 3.63) is 16.5 Å². The Morgan fingerprint density at radius 2 is 2.04 bits per heavy atom. The second kappa shape index (κ2) is 7.10. The molecule has 25 heavy (non-hydrogen) atoms. The SMILES string of the molecule is COC(=O)C1COC(=O)N1C1CCN(S(=O)(=O)c2ccc(Cl)s2)CC1. The van der Waals surface area contributed by atoms with Crippen molar-refractivity contribution in [3.8, 4) is 0 Å². The Morgan fingerprint density at radius 1 is 1.36 bits per heavy atom. The lowest BCUT2D eigenvalue weighted by Crippen LogP contribution is -2.51. The standard InChI is InChI=1S/C14H17ClN2O6S2/c1-22-13(18)10-8-23-14(19)17(10)9-4-6-16(7-5-9)25(20,21)12-3-2-11(15)24-12/h2-3,9-10H,4-8H2,1H3. The monoisotopic (exact) mass is 408 g/mol. The van der Waals surface area contributed by atoms with Crippen LogP contribution < -0.4 is 0 Å². The average Bonchev–Trinajstić information content (AvgIpc) is 3.20. The normalized spacial score (nSPS) is 22.9. The second-order valence-electron chi connectivity index (χ2n) is 5.72. The van der Waals surface area contributed by atoms with Crippen LogP contribution >= 0.6 is 22.9 Å². The molecule has 0 bridgehead atoms. The van der Waals surface area contributed by atoms with Gasteiger partial charge < -0.3 is 9.47 Å². The van der Waals surface area contributed by atoms with E-state index >= 15 is 0 Å². The molecule has 1 aromatic heterocycles. The highest BCUT2D eigenvalue weighted by atomic mass is 35.5. The Balaban J connectivity index is 1.69. The lowest BCUT2D eigenvalue weighted by molar-refractivity contribution is -0.145. The van der Waals surface area contributed by atoms with Gasteiger partial charge in [-0.25, -0.2) is 18.0 Å². The van der Waals surface area contributed by atoms with Gasteiger partial charge in [0.1, 0.15) is 10.8 Å². The number of carbonyl (C=O) groups is 2. The maximum atomic E-state index is 12.6. The molecule has 1 amide bonds. The summed E-state index contributed by atoms with van der Waals surface area (Å²) in [5.41, 5.74) is 0. The number of rotatable bonds is 4. The zero-order valence-electron chi connectivity index (χ0n) is 13.4. The topological polar surface area (TPSA) is 93.2 Å². The first-order valence-corrected chi connectivity index (χ1v) is 10.3. The Morgan fingerprint density at radius 3 is 2.60 bits per heavy atom. The van der Waals surface area contributed by atoms with Crippen LogP contribution in [-0.2, 0) is 24.3 Å². The number of sulfonamides is 1.